The maximum Gasteiger partial charge on any atom is 0.306 e. The summed E-state index contributed by atoms with van der Waals surface area (Å²) in [5, 5.41) is 0. The first kappa shape index (κ1) is 60.5. The van der Waals surface area contributed by atoms with E-state index in [1.54, 1.807) is 0 Å². The summed E-state index contributed by atoms with van der Waals surface area (Å²) in [5.74, 6) is -1.05. The van der Waals surface area contributed by atoms with Crippen LogP contribution in [-0.2, 0) is 28.6 Å². The largest absolute Gasteiger partial charge is 0.462 e. The summed E-state index contributed by atoms with van der Waals surface area (Å²) in [6.45, 7) is 6.26. The lowest BCUT2D eigenvalue weighted by molar-refractivity contribution is -0.167. The maximum absolute atomic E-state index is 12.8. The third-order valence-corrected chi connectivity index (χ3v) is 10.1. The zero-order valence-corrected chi connectivity index (χ0v) is 41.4. The van der Waals surface area contributed by atoms with Gasteiger partial charge in [0, 0.05) is 19.3 Å². The van der Waals surface area contributed by atoms with Crippen LogP contribution in [0.3, 0.4) is 0 Å². The molecule has 364 valence electrons. The Kier molecular flexibility index (Phi) is 48.6. The highest BCUT2D eigenvalue weighted by molar-refractivity contribution is 5.71. The molecule has 0 aromatic heterocycles. The van der Waals surface area contributed by atoms with E-state index in [1.807, 2.05) is 0 Å². The molecule has 0 unspecified atom stereocenters. The monoisotopic (exact) mass is 897 g/mol. The zero-order chi connectivity index (χ0) is 47.2. The number of carbonyl (C=O) groups is 3. The predicted octanol–water partition coefficient (Wildman–Crippen LogP) is 17.1. The summed E-state index contributed by atoms with van der Waals surface area (Å²) in [6.07, 6.45) is 73.0. The Labute approximate surface area is 398 Å². The molecule has 0 aromatic carbocycles. The molecule has 0 aliphatic heterocycles. The SMILES string of the molecule is CC/C=C\C/C=C\C/C=C\C/C=C\C/C=C\CCCC(=O)OC[C@H](COC(=O)CCCCCCC/C=C\C/C=C\C/C=C\CC)OC(=O)CCCC/C=C\C/C=C\C/C=C\CCCCC. The fourth-order valence-corrected chi connectivity index (χ4v) is 6.32. The van der Waals surface area contributed by atoms with Gasteiger partial charge in [-0.15, -0.1) is 0 Å². The molecule has 0 aliphatic carbocycles. The van der Waals surface area contributed by atoms with Crippen LogP contribution in [0.5, 0.6) is 0 Å². The van der Waals surface area contributed by atoms with Crippen LogP contribution in [0.2, 0.25) is 0 Å². The van der Waals surface area contributed by atoms with Crippen molar-refractivity contribution in [3.8, 4) is 0 Å². The Morgan fingerprint density at radius 3 is 1.03 bits per heavy atom. The number of ether oxygens (including phenoxy) is 3. The van der Waals surface area contributed by atoms with Gasteiger partial charge in [-0.3, -0.25) is 14.4 Å². The Balaban J connectivity index is 4.60. The van der Waals surface area contributed by atoms with Gasteiger partial charge >= 0.3 is 17.9 Å². The Morgan fingerprint density at radius 2 is 0.615 bits per heavy atom. The number of unbranched alkanes of at least 4 members (excludes halogenated alkanes) is 11. The standard InChI is InChI=1S/C59H92O6/c1-4-7-10-13-16-19-22-25-28-29-32-34-37-40-43-46-49-52-58(61)64-55-56(65-59(62)53-50-47-44-41-38-35-31-27-24-21-18-15-12-9-6-3)54-63-57(60)51-48-45-42-39-36-33-30-26-23-20-17-14-11-8-5-2/h7-8,10-11,16-21,25-28,30-32,34,38,40-41,43,56H,4-6,9,12-15,22-24,29,33,35-37,39,42,44-55H2,1-3H3/b10-7-,11-8-,19-16-,20-17-,21-18-,28-25-,30-26-,31-27-,34-32-,41-38-,43-40-/t56-/m0/s1. The molecule has 6 heteroatoms. The maximum atomic E-state index is 12.8. The molecule has 0 N–H and O–H groups in total. The van der Waals surface area contributed by atoms with Crippen molar-refractivity contribution >= 4 is 17.9 Å². The molecule has 0 amide bonds. The fourth-order valence-electron chi connectivity index (χ4n) is 6.32. The van der Waals surface area contributed by atoms with Crippen LogP contribution in [0, 0.1) is 0 Å². The summed E-state index contributed by atoms with van der Waals surface area (Å²) < 4.78 is 16.7. The van der Waals surface area contributed by atoms with Gasteiger partial charge < -0.3 is 14.2 Å². The Bertz CT molecular complexity index is 1450. The number of hydrogen-bond donors (Lipinski definition) is 0. The van der Waals surface area contributed by atoms with Crippen LogP contribution in [0.4, 0.5) is 0 Å². The third kappa shape index (κ3) is 50.4. The topological polar surface area (TPSA) is 78.9 Å². The van der Waals surface area contributed by atoms with Gasteiger partial charge in [-0.05, 0) is 128 Å². The number of rotatable bonds is 44. The highest BCUT2D eigenvalue weighted by Gasteiger charge is 2.19. The van der Waals surface area contributed by atoms with Gasteiger partial charge in [-0.1, -0.05) is 187 Å². The molecular formula is C59H92O6. The van der Waals surface area contributed by atoms with E-state index >= 15 is 0 Å². The molecule has 0 radical (unpaired) electrons. The number of esters is 3. The molecule has 0 heterocycles. The molecule has 0 saturated heterocycles. The Morgan fingerprint density at radius 1 is 0.323 bits per heavy atom. The normalized spacial score (nSPS) is 13.2. The van der Waals surface area contributed by atoms with Crippen molar-refractivity contribution in [3.05, 3.63) is 134 Å². The lowest BCUT2D eigenvalue weighted by Gasteiger charge is -2.18. The molecule has 0 spiro atoms. The first-order valence-electron chi connectivity index (χ1n) is 25.7. The summed E-state index contributed by atoms with van der Waals surface area (Å²) in [7, 11) is 0. The van der Waals surface area contributed by atoms with Crippen LogP contribution < -0.4 is 0 Å². The summed E-state index contributed by atoms with van der Waals surface area (Å²) >= 11 is 0. The minimum Gasteiger partial charge on any atom is -0.462 e. The van der Waals surface area contributed by atoms with E-state index in [1.165, 1.54) is 25.7 Å². The van der Waals surface area contributed by atoms with Crippen LogP contribution >= 0.6 is 0 Å². The van der Waals surface area contributed by atoms with Crippen LogP contribution in [-0.4, -0.2) is 37.2 Å². The Hall–Kier alpha value is -4.45. The molecule has 0 bridgehead atoms. The molecule has 6 nitrogen and oxygen atoms in total. The molecular weight excluding hydrogens is 805 g/mol. The molecule has 0 saturated carbocycles. The summed E-state index contributed by atoms with van der Waals surface area (Å²) in [6, 6.07) is 0. The van der Waals surface area contributed by atoms with E-state index in [0.717, 1.165) is 122 Å². The van der Waals surface area contributed by atoms with Crippen molar-refractivity contribution < 1.29 is 28.6 Å². The zero-order valence-electron chi connectivity index (χ0n) is 41.4. The molecule has 0 aliphatic rings. The molecule has 65 heavy (non-hydrogen) atoms. The smallest absolute Gasteiger partial charge is 0.306 e. The quantitative estimate of drug-likeness (QED) is 0.0262. The van der Waals surface area contributed by atoms with Crippen molar-refractivity contribution in [2.45, 2.75) is 207 Å². The van der Waals surface area contributed by atoms with Crippen LogP contribution in [0.25, 0.3) is 0 Å². The van der Waals surface area contributed by atoms with Crippen LogP contribution in [0.1, 0.15) is 201 Å². The van der Waals surface area contributed by atoms with Gasteiger partial charge in [0.1, 0.15) is 13.2 Å². The van der Waals surface area contributed by atoms with E-state index in [9.17, 15) is 14.4 Å². The summed E-state index contributed by atoms with van der Waals surface area (Å²) in [4.78, 5) is 38.0. The van der Waals surface area contributed by atoms with Crippen molar-refractivity contribution in [3.63, 3.8) is 0 Å². The average molecular weight is 897 g/mol. The minimum atomic E-state index is -0.833. The third-order valence-electron chi connectivity index (χ3n) is 10.1. The van der Waals surface area contributed by atoms with Gasteiger partial charge in [0.15, 0.2) is 6.10 Å². The van der Waals surface area contributed by atoms with Crippen LogP contribution in [0.15, 0.2) is 134 Å². The second kappa shape index (κ2) is 52.2. The van der Waals surface area contributed by atoms with E-state index < -0.39 is 6.10 Å². The minimum absolute atomic E-state index is 0.125. The first-order valence-corrected chi connectivity index (χ1v) is 25.7. The average Bonchev–Trinajstić information content (AvgIpc) is 3.30. The van der Waals surface area contributed by atoms with Crippen molar-refractivity contribution in [2.24, 2.45) is 0 Å². The van der Waals surface area contributed by atoms with E-state index in [2.05, 4.69) is 154 Å². The lowest BCUT2D eigenvalue weighted by Crippen LogP contribution is -2.30. The van der Waals surface area contributed by atoms with Gasteiger partial charge in [0.05, 0.1) is 0 Å². The molecule has 0 fully saturated rings. The number of hydrogen-bond acceptors (Lipinski definition) is 6. The van der Waals surface area contributed by atoms with Gasteiger partial charge in [0.2, 0.25) is 0 Å². The van der Waals surface area contributed by atoms with Gasteiger partial charge in [0.25, 0.3) is 0 Å². The first-order chi connectivity index (χ1) is 32.0. The number of allylic oxidation sites excluding steroid dienone is 22. The molecule has 0 rings (SSSR count). The van der Waals surface area contributed by atoms with E-state index in [0.29, 0.717) is 19.3 Å². The van der Waals surface area contributed by atoms with Gasteiger partial charge in [-0.2, -0.15) is 0 Å². The highest BCUT2D eigenvalue weighted by atomic mass is 16.6. The summed E-state index contributed by atoms with van der Waals surface area (Å²) in [5.41, 5.74) is 0. The second-order valence-electron chi connectivity index (χ2n) is 16.3. The molecule has 0 aromatic rings. The fraction of sp³-hybridized carbons (Fsp3) is 0.576. The van der Waals surface area contributed by atoms with Crippen molar-refractivity contribution in [2.75, 3.05) is 13.2 Å². The lowest BCUT2D eigenvalue weighted by atomic mass is 10.1. The second-order valence-corrected chi connectivity index (χ2v) is 16.3. The predicted molar refractivity (Wildman–Crippen MR) is 279 cm³/mol. The van der Waals surface area contributed by atoms with Gasteiger partial charge in [-0.25, -0.2) is 0 Å². The van der Waals surface area contributed by atoms with Crippen molar-refractivity contribution in [1.29, 1.82) is 0 Å². The van der Waals surface area contributed by atoms with Crippen molar-refractivity contribution in [1.82, 2.24) is 0 Å². The highest BCUT2D eigenvalue weighted by Crippen LogP contribution is 2.11. The molecule has 1 atom stereocenters. The number of carbonyl (C=O) groups excluding carboxylic acids is 3. The van der Waals surface area contributed by atoms with E-state index in [-0.39, 0.29) is 44.0 Å². The van der Waals surface area contributed by atoms with E-state index in [4.69, 9.17) is 14.2 Å².